The van der Waals surface area contributed by atoms with Crippen molar-refractivity contribution >= 4 is 28.7 Å². The SMILES string of the molecule is CCCCc1ccc(N=Cc2cn(CC(N)=O)c3ccccc23)cc1. The second-order valence-corrected chi connectivity index (χ2v) is 6.22. The number of nitrogens with zero attached hydrogens (tertiary/aromatic N) is 2. The molecule has 0 atom stereocenters. The molecule has 0 fully saturated rings. The highest BCUT2D eigenvalue weighted by molar-refractivity contribution is 6.00. The van der Waals surface area contributed by atoms with Crippen LogP contribution in [0.4, 0.5) is 5.69 Å². The molecule has 0 spiro atoms. The van der Waals surface area contributed by atoms with Crippen molar-refractivity contribution in [1.29, 1.82) is 0 Å². The summed E-state index contributed by atoms with van der Waals surface area (Å²) in [7, 11) is 0. The molecule has 25 heavy (non-hydrogen) atoms. The van der Waals surface area contributed by atoms with E-state index in [1.807, 2.05) is 53.4 Å². The topological polar surface area (TPSA) is 60.4 Å². The Kier molecular flexibility index (Phi) is 5.29. The van der Waals surface area contributed by atoms with Crippen molar-refractivity contribution in [3.05, 3.63) is 65.9 Å². The van der Waals surface area contributed by atoms with Gasteiger partial charge in [0, 0.05) is 28.9 Å². The lowest BCUT2D eigenvalue weighted by molar-refractivity contribution is -0.118. The first-order chi connectivity index (χ1) is 12.2. The Morgan fingerprint density at radius 1 is 1.16 bits per heavy atom. The zero-order valence-electron chi connectivity index (χ0n) is 14.5. The van der Waals surface area contributed by atoms with Crippen molar-refractivity contribution in [2.24, 2.45) is 10.7 Å². The van der Waals surface area contributed by atoms with Crippen LogP contribution in [0, 0.1) is 0 Å². The lowest BCUT2D eigenvalue weighted by Gasteiger charge is -2.00. The van der Waals surface area contributed by atoms with E-state index in [-0.39, 0.29) is 12.5 Å². The van der Waals surface area contributed by atoms with Gasteiger partial charge in [0.05, 0.1) is 5.69 Å². The van der Waals surface area contributed by atoms with Crippen molar-refractivity contribution in [2.75, 3.05) is 0 Å². The molecule has 1 heterocycles. The Labute approximate surface area is 148 Å². The predicted octanol–water partition coefficient (Wildman–Crippen LogP) is 4.22. The molecule has 0 bridgehead atoms. The van der Waals surface area contributed by atoms with Gasteiger partial charge >= 0.3 is 0 Å². The molecule has 0 aliphatic carbocycles. The van der Waals surface area contributed by atoms with E-state index in [2.05, 4.69) is 24.0 Å². The monoisotopic (exact) mass is 333 g/mol. The maximum Gasteiger partial charge on any atom is 0.237 e. The summed E-state index contributed by atoms with van der Waals surface area (Å²) in [5.74, 6) is -0.355. The standard InChI is InChI=1S/C21H23N3O/c1-2-3-6-16-9-11-18(12-10-16)23-13-17-14-24(15-21(22)25)20-8-5-4-7-19(17)20/h4-5,7-14H,2-3,6,15H2,1H3,(H2,22,25). The molecule has 4 heteroatoms. The summed E-state index contributed by atoms with van der Waals surface area (Å²) in [4.78, 5) is 15.9. The van der Waals surface area contributed by atoms with E-state index in [9.17, 15) is 4.79 Å². The number of carbonyl (C=O) groups excluding carboxylic acids is 1. The predicted molar refractivity (Wildman–Crippen MR) is 103 cm³/mol. The number of hydrogen-bond acceptors (Lipinski definition) is 2. The van der Waals surface area contributed by atoms with Gasteiger partial charge in [0.2, 0.25) is 5.91 Å². The first-order valence-electron chi connectivity index (χ1n) is 8.66. The second-order valence-electron chi connectivity index (χ2n) is 6.22. The van der Waals surface area contributed by atoms with Crippen LogP contribution in [0.25, 0.3) is 10.9 Å². The third kappa shape index (κ3) is 4.15. The summed E-state index contributed by atoms with van der Waals surface area (Å²) < 4.78 is 1.87. The number of fused-ring (bicyclic) bond motifs is 1. The van der Waals surface area contributed by atoms with Crippen LogP contribution in [-0.2, 0) is 17.8 Å². The molecule has 1 amide bonds. The summed E-state index contributed by atoms with van der Waals surface area (Å²) >= 11 is 0. The summed E-state index contributed by atoms with van der Waals surface area (Å²) in [6, 6.07) is 16.3. The lowest BCUT2D eigenvalue weighted by Crippen LogP contribution is -2.17. The van der Waals surface area contributed by atoms with Gasteiger partial charge < -0.3 is 10.3 Å². The number of aryl methyl sites for hydroxylation is 1. The van der Waals surface area contributed by atoms with Crippen molar-refractivity contribution in [2.45, 2.75) is 32.7 Å². The number of hydrogen-bond donors (Lipinski definition) is 1. The van der Waals surface area contributed by atoms with Crippen molar-refractivity contribution < 1.29 is 4.79 Å². The molecule has 4 nitrogen and oxygen atoms in total. The minimum atomic E-state index is -0.355. The van der Waals surface area contributed by atoms with E-state index in [0.29, 0.717) is 0 Å². The number of carbonyl (C=O) groups is 1. The van der Waals surface area contributed by atoms with Gasteiger partial charge in [0.25, 0.3) is 0 Å². The number of aliphatic imine (C=N–C) groups is 1. The van der Waals surface area contributed by atoms with Gasteiger partial charge in [-0.25, -0.2) is 0 Å². The fourth-order valence-electron chi connectivity index (χ4n) is 2.95. The number of nitrogens with two attached hydrogens (primary N) is 1. The van der Waals surface area contributed by atoms with E-state index < -0.39 is 0 Å². The van der Waals surface area contributed by atoms with Gasteiger partial charge in [0.1, 0.15) is 6.54 Å². The highest BCUT2D eigenvalue weighted by Gasteiger charge is 2.08. The maximum absolute atomic E-state index is 11.3. The minimum absolute atomic E-state index is 0.167. The van der Waals surface area contributed by atoms with Crippen LogP contribution in [0.5, 0.6) is 0 Å². The van der Waals surface area contributed by atoms with Crippen LogP contribution in [0.2, 0.25) is 0 Å². The Hall–Kier alpha value is -2.88. The van der Waals surface area contributed by atoms with Gasteiger partial charge in [-0.1, -0.05) is 43.7 Å². The van der Waals surface area contributed by atoms with Crippen LogP contribution in [-0.4, -0.2) is 16.7 Å². The largest absolute Gasteiger partial charge is 0.368 e. The molecular weight excluding hydrogens is 310 g/mol. The Morgan fingerprint density at radius 2 is 1.92 bits per heavy atom. The molecule has 1 aromatic heterocycles. The fourth-order valence-corrected chi connectivity index (χ4v) is 2.95. The van der Waals surface area contributed by atoms with Crippen molar-refractivity contribution in [3.8, 4) is 0 Å². The molecular formula is C21H23N3O. The van der Waals surface area contributed by atoms with Gasteiger partial charge in [-0.3, -0.25) is 9.79 Å². The Morgan fingerprint density at radius 3 is 2.64 bits per heavy atom. The average molecular weight is 333 g/mol. The Bertz CT molecular complexity index is 891. The van der Waals surface area contributed by atoms with Crippen LogP contribution >= 0.6 is 0 Å². The number of para-hydroxylation sites is 1. The summed E-state index contributed by atoms with van der Waals surface area (Å²) in [5, 5.41) is 1.06. The molecule has 0 saturated heterocycles. The molecule has 0 saturated carbocycles. The van der Waals surface area contributed by atoms with E-state index in [1.165, 1.54) is 18.4 Å². The molecule has 0 aliphatic heterocycles. The third-order valence-electron chi connectivity index (χ3n) is 4.25. The molecule has 0 aliphatic rings. The molecule has 0 radical (unpaired) electrons. The average Bonchev–Trinajstić information content (AvgIpc) is 2.96. The highest BCUT2D eigenvalue weighted by Crippen LogP contribution is 2.21. The van der Waals surface area contributed by atoms with E-state index in [1.54, 1.807) is 0 Å². The van der Waals surface area contributed by atoms with Gasteiger partial charge in [0.15, 0.2) is 0 Å². The van der Waals surface area contributed by atoms with Gasteiger partial charge in [-0.15, -0.1) is 0 Å². The first kappa shape index (κ1) is 17.0. The second kappa shape index (κ2) is 7.79. The van der Waals surface area contributed by atoms with Crippen molar-refractivity contribution in [3.63, 3.8) is 0 Å². The highest BCUT2D eigenvalue weighted by atomic mass is 16.1. The zero-order chi connectivity index (χ0) is 17.6. The van der Waals surface area contributed by atoms with E-state index in [4.69, 9.17) is 5.73 Å². The normalized spacial score (nSPS) is 11.4. The molecule has 128 valence electrons. The molecule has 0 unspecified atom stereocenters. The Balaban J connectivity index is 1.84. The first-order valence-corrected chi connectivity index (χ1v) is 8.66. The summed E-state index contributed by atoms with van der Waals surface area (Å²) in [6.07, 6.45) is 7.30. The molecule has 3 aromatic rings. The summed E-state index contributed by atoms with van der Waals surface area (Å²) in [5.41, 5.74) is 9.58. The maximum atomic E-state index is 11.3. The number of rotatable bonds is 7. The quantitative estimate of drug-likeness (QED) is 0.647. The number of primary amides is 1. The number of amides is 1. The molecule has 3 rings (SSSR count). The third-order valence-corrected chi connectivity index (χ3v) is 4.25. The van der Waals surface area contributed by atoms with Crippen LogP contribution in [0.15, 0.2) is 59.7 Å². The van der Waals surface area contributed by atoms with Gasteiger partial charge in [-0.2, -0.15) is 0 Å². The minimum Gasteiger partial charge on any atom is -0.368 e. The summed E-state index contributed by atoms with van der Waals surface area (Å²) in [6.45, 7) is 2.37. The van der Waals surface area contributed by atoms with E-state index >= 15 is 0 Å². The lowest BCUT2D eigenvalue weighted by atomic mass is 10.1. The molecule has 2 aromatic carbocycles. The van der Waals surface area contributed by atoms with Gasteiger partial charge in [-0.05, 0) is 36.6 Å². The number of aromatic nitrogens is 1. The number of unbranched alkanes of at least 4 members (excludes halogenated alkanes) is 1. The van der Waals surface area contributed by atoms with Crippen LogP contribution in [0.1, 0.15) is 30.9 Å². The van der Waals surface area contributed by atoms with E-state index in [0.717, 1.165) is 28.6 Å². The van der Waals surface area contributed by atoms with Crippen LogP contribution < -0.4 is 5.73 Å². The fraction of sp³-hybridized carbons (Fsp3) is 0.238. The zero-order valence-corrected chi connectivity index (χ0v) is 14.5. The van der Waals surface area contributed by atoms with Crippen LogP contribution in [0.3, 0.4) is 0 Å². The smallest absolute Gasteiger partial charge is 0.237 e. The molecule has 2 N–H and O–H groups in total. The van der Waals surface area contributed by atoms with Crippen molar-refractivity contribution in [1.82, 2.24) is 4.57 Å². The number of benzene rings is 2.